The first-order valence-electron chi connectivity index (χ1n) is 10.4. The summed E-state index contributed by atoms with van der Waals surface area (Å²) < 4.78 is 57.2. The summed E-state index contributed by atoms with van der Waals surface area (Å²) in [6.45, 7) is 1.60. The second-order valence-electron chi connectivity index (χ2n) is 8.40. The van der Waals surface area contributed by atoms with Crippen LogP contribution in [0.25, 0.3) is 21.6 Å². The molecule has 174 valence electrons. The third kappa shape index (κ3) is 4.60. The summed E-state index contributed by atoms with van der Waals surface area (Å²) in [6, 6.07) is 6.22. The van der Waals surface area contributed by atoms with E-state index in [4.69, 9.17) is 0 Å². The van der Waals surface area contributed by atoms with Crippen molar-refractivity contribution in [3.63, 3.8) is 0 Å². The van der Waals surface area contributed by atoms with Gasteiger partial charge in [-0.15, -0.1) is 10.2 Å². The van der Waals surface area contributed by atoms with Crippen LogP contribution in [0.5, 0.6) is 0 Å². The number of likely N-dealkylation sites (tertiary alicyclic amines) is 1. The molecule has 3 heterocycles. The van der Waals surface area contributed by atoms with Crippen molar-refractivity contribution in [2.45, 2.75) is 37.9 Å². The fourth-order valence-electron chi connectivity index (χ4n) is 4.03. The molecule has 0 amide bonds. The lowest BCUT2D eigenvalue weighted by Gasteiger charge is -2.33. The van der Waals surface area contributed by atoms with Gasteiger partial charge in [0.1, 0.15) is 11.2 Å². The van der Waals surface area contributed by atoms with E-state index in [1.165, 1.54) is 11.3 Å². The maximum Gasteiger partial charge on any atom is 0.288 e. The van der Waals surface area contributed by atoms with Crippen LogP contribution in [0.15, 0.2) is 24.3 Å². The van der Waals surface area contributed by atoms with Gasteiger partial charge < -0.3 is 19.7 Å². The molecule has 1 aliphatic heterocycles. The third-order valence-electron chi connectivity index (χ3n) is 5.56. The van der Waals surface area contributed by atoms with Gasteiger partial charge in [-0.05, 0) is 45.8 Å². The summed E-state index contributed by atoms with van der Waals surface area (Å²) >= 11 is 1.23. The van der Waals surface area contributed by atoms with Crippen LogP contribution in [0.1, 0.15) is 17.7 Å². The molecule has 4 rings (SSSR count). The Labute approximate surface area is 187 Å². The monoisotopic (exact) mass is 470 g/mol. The number of rotatable bonds is 7. The van der Waals surface area contributed by atoms with E-state index in [0.29, 0.717) is 46.1 Å². The number of piperidine rings is 1. The number of aromatic nitrogens is 3. The first-order valence-corrected chi connectivity index (χ1v) is 11.2. The summed E-state index contributed by atoms with van der Waals surface area (Å²) in [5.41, 5.74) is 1.11. The maximum absolute atomic E-state index is 14.8. The zero-order valence-corrected chi connectivity index (χ0v) is 18.9. The smallest absolute Gasteiger partial charge is 0.288 e. The first kappa shape index (κ1) is 22.9. The molecule has 3 aromatic rings. The highest BCUT2D eigenvalue weighted by Crippen LogP contribution is 2.38. The van der Waals surface area contributed by atoms with Gasteiger partial charge in [0.2, 0.25) is 6.30 Å². The van der Waals surface area contributed by atoms with Crippen molar-refractivity contribution in [3.8, 4) is 10.7 Å². The molecule has 1 aromatic carbocycles. The molecular formula is C21H26F4N6S. The highest BCUT2D eigenvalue weighted by molar-refractivity contribution is 7.14. The molecule has 1 N–H and O–H groups in total. The Balaban J connectivity index is 1.77. The van der Waals surface area contributed by atoms with Gasteiger partial charge >= 0.3 is 0 Å². The second kappa shape index (κ2) is 9.32. The van der Waals surface area contributed by atoms with Crippen LogP contribution in [0, 0.1) is 0 Å². The van der Waals surface area contributed by atoms with Crippen molar-refractivity contribution in [2.75, 3.05) is 39.5 Å². The molecule has 1 fully saturated rings. The Kier molecular flexibility index (Phi) is 6.68. The predicted octanol–water partition coefficient (Wildman–Crippen LogP) is 4.41. The number of anilines is 1. The second-order valence-corrected chi connectivity index (χ2v) is 9.46. The fraction of sp³-hybridized carbons (Fsp3) is 0.524. The Morgan fingerprint density at radius 2 is 2.03 bits per heavy atom. The van der Waals surface area contributed by atoms with Gasteiger partial charge in [0.25, 0.3) is 6.43 Å². The van der Waals surface area contributed by atoms with Crippen LogP contribution in [0.4, 0.5) is 23.2 Å². The molecule has 0 aliphatic carbocycles. The minimum atomic E-state index is -3.21. The van der Waals surface area contributed by atoms with Crippen LogP contribution in [0.3, 0.4) is 0 Å². The molecule has 1 unspecified atom stereocenters. The molecule has 32 heavy (non-hydrogen) atoms. The van der Waals surface area contributed by atoms with E-state index >= 15 is 0 Å². The number of hydrogen-bond donors (Lipinski definition) is 1. The van der Waals surface area contributed by atoms with Crippen molar-refractivity contribution in [3.05, 3.63) is 29.3 Å². The van der Waals surface area contributed by atoms with Gasteiger partial charge in [-0.2, -0.15) is 0 Å². The minimum Gasteiger partial charge on any atom is -0.379 e. The summed E-state index contributed by atoms with van der Waals surface area (Å²) in [5, 5.41) is 13.1. The maximum atomic E-state index is 14.8. The number of alkyl halides is 4. The van der Waals surface area contributed by atoms with Crippen LogP contribution in [0.2, 0.25) is 0 Å². The average Bonchev–Trinajstić information content (AvgIpc) is 3.33. The number of benzene rings is 1. The van der Waals surface area contributed by atoms with Gasteiger partial charge in [-0.1, -0.05) is 17.4 Å². The number of fused-ring (bicyclic) bond motifs is 1. The lowest BCUT2D eigenvalue weighted by atomic mass is 10.0. The Morgan fingerprint density at radius 1 is 1.25 bits per heavy atom. The highest BCUT2D eigenvalue weighted by Gasteiger charge is 2.30. The Bertz CT molecular complexity index is 1070. The standard InChI is InChI=1S/C21H26F4N6S/c1-29(2)11-18-27-28-21(32-18)17-9-12-14(26-15-7-8-30(3)10-13(15)22)5-4-6-16(12)31(17)20(25)19(23)24/h4-6,9,13,15,19-20,26H,7-8,10-11H2,1-3H3/t13-,15+,20?/m0/s1. The van der Waals surface area contributed by atoms with Gasteiger partial charge in [-0.3, -0.25) is 0 Å². The number of halogens is 4. The molecule has 3 atom stereocenters. The quantitative estimate of drug-likeness (QED) is 0.519. The number of hydrogen-bond acceptors (Lipinski definition) is 6. The van der Waals surface area contributed by atoms with Gasteiger partial charge in [0.15, 0.2) is 5.01 Å². The Hall–Kier alpha value is -2.24. The highest BCUT2D eigenvalue weighted by atomic mass is 32.1. The van der Waals surface area contributed by atoms with Crippen LogP contribution >= 0.6 is 11.3 Å². The van der Waals surface area contributed by atoms with E-state index in [1.807, 2.05) is 30.9 Å². The third-order valence-corrected chi connectivity index (χ3v) is 6.49. The minimum absolute atomic E-state index is 0.227. The van der Waals surface area contributed by atoms with Crippen molar-refractivity contribution in [1.29, 1.82) is 0 Å². The van der Waals surface area contributed by atoms with Crippen LogP contribution in [-0.4, -0.2) is 77.4 Å². The summed E-state index contributed by atoms with van der Waals surface area (Å²) in [4.78, 5) is 3.84. The first-order chi connectivity index (χ1) is 15.2. The van der Waals surface area contributed by atoms with Crippen LogP contribution in [-0.2, 0) is 6.54 Å². The zero-order valence-electron chi connectivity index (χ0n) is 18.1. The van der Waals surface area contributed by atoms with E-state index in [1.54, 1.807) is 24.3 Å². The molecule has 0 saturated carbocycles. The molecule has 0 bridgehead atoms. The Morgan fingerprint density at radius 3 is 2.72 bits per heavy atom. The van der Waals surface area contributed by atoms with Gasteiger partial charge in [0.05, 0.1) is 23.8 Å². The van der Waals surface area contributed by atoms with Crippen LogP contribution < -0.4 is 5.32 Å². The van der Waals surface area contributed by atoms with E-state index in [0.717, 1.165) is 11.1 Å². The molecule has 1 saturated heterocycles. The molecule has 1 aliphatic rings. The lowest BCUT2D eigenvalue weighted by molar-refractivity contribution is 0.0115. The zero-order chi connectivity index (χ0) is 23.0. The largest absolute Gasteiger partial charge is 0.379 e. The van der Waals surface area contributed by atoms with Crippen molar-refractivity contribution in [1.82, 2.24) is 24.6 Å². The molecular weight excluding hydrogens is 444 g/mol. The van der Waals surface area contributed by atoms with Gasteiger partial charge in [-0.25, -0.2) is 17.6 Å². The molecule has 0 spiro atoms. The SMILES string of the molecule is CN(C)Cc1nnc(-c2cc3c(N[C@@H]4CCN(C)C[C@@H]4F)cccc3n2C(F)C(F)F)s1. The summed E-state index contributed by atoms with van der Waals surface area (Å²) in [5.74, 6) is 0. The molecule has 6 nitrogen and oxygen atoms in total. The molecule has 2 aromatic heterocycles. The van der Waals surface area contributed by atoms with E-state index in [-0.39, 0.29) is 5.69 Å². The fourth-order valence-corrected chi connectivity index (χ4v) is 5.00. The van der Waals surface area contributed by atoms with Gasteiger partial charge in [0, 0.05) is 24.2 Å². The van der Waals surface area contributed by atoms with Crippen molar-refractivity contribution < 1.29 is 17.6 Å². The topological polar surface area (TPSA) is 49.2 Å². The number of nitrogens with zero attached hydrogens (tertiary/aromatic N) is 5. The average molecular weight is 471 g/mol. The van der Waals surface area contributed by atoms with Crippen molar-refractivity contribution in [2.24, 2.45) is 0 Å². The molecule has 11 heteroatoms. The summed E-state index contributed by atoms with van der Waals surface area (Å²) in [7, 11) is 5.63. The van der Waals surface area contributed by atoms with Crippen molar-refractivity contribution >= 4 is 27.9 Å². The normalized spacial score (nSPS) is 21.0. The lowest BCUT2D eigenvalue weighted by Crippen LogP contribution is -2.46. The molecule has 0 radical (unpaired) electrons. The summed E-state index contributed by atoms with van der Waals surface area (Å²) in [6.07, 6.45) is -6.22. The van der Waals surface area contributed by atoms with E-state index in [9.17, 15) is 17.6 Å². The number of nitrogens with one attached hydrogen (secondary N) is 1. The van der Waals surface area contributed by atoms with E-state index < -0.39 is 24.9 Å². The predicted molar refractivity (Wildman–Crippen MR) is 119 cm³/mol. The van der Waals surface area contributed by atoms with E-state index in [2.05, 4.69) is 15.5 Å².